The first-order chi connectivity index (χ1) is 19.5. The van der Waals surface area contributed by atoms with Crippen molar-refractivity contribution in [2.24, 2.45) is 0 Å². The molecule has 3 aliphatic heterocycles. The molecule has 16 nitrogen and oxygen atoms in total. The van der Waals surface area contributed by atoms with E-state index in [9.17, 15) is 46.0 Å². The van der Waals surface area contributed by atoms with E-state index >= 15 is 0 Å². The Morgan fingerprint density at radius 2 is 1.39 bits per heavy atom. The molecule has 0 aromatic carbocycles. The van der Waals surface area contributed by atoms with Crippen molar-refractivity contribution >= 4 is 0 Å². The fourth-order valence-corrected chi connectivity index (χ4v) is 4.80. The Morgan fingerprint density at radius 1 is 0.732 bits per heavy atom. The average molecular weight is 601 g/mol. The van der Waals surface area contributed by atoms with E-state index in [1.165, 1.54) is 6.08 Å². The maximum Gasteiger partial charge on any atom is 0.187 e. The van der Waals surface area contributed by atoms with Gasteiger partial charge in [-0.2, -0.15) is 0 Å². The van der Waals surface area contributed by atoms with Crippen molar-refractivity contribution in [2.75, 3.05) is 26.4 Å². The number of aliphatic hydroxyl groups excluding tert-OH is 10. The highest BCUT2D eigenvalue weighted by Crippen LogP contribution is 2.31. The first-order valence-electron chi connectivity index (χ1n) is 13.7. The van der Waals surface area contributed by atoms with Crippen LogP contribution in [0.5, 0.6) is 0 Å². The third-order valence-corrected chi connectivity index (χ3v) is 7.38. The second-order valence-corrected chi connectivity index (χ2v) is 10.4. The van der Waals surface area contributed by atoms with Gasteiger partial charge >= 0.3 is 0 Å². The Hall–Kier alpha value is -0.900. The molecule has 3 fully saturated rings. The summed E-state index contributed by atoms with van der Waals surface area (Å²) in [6.45, 7) is 2.26. The standard InChI is InChI=1S/C25H44O16/c1-2-11(6-4-3-5-7-26)38-25-22(41-24-21(35)18(32)16(30)13(8-27)39-24)19(33)17(31)14(40-25)10-37-23-20(34)15(29)12(28)9-36-23/h2,11-35H,1,3-10H2/t11-,12+,13+,14+,15-,16+,17+,18-,19-,20+,21+,22+,23-,24-,25+/m0/s1. The van der Waals surface area contributed by atoms with Crippen molar-refractivity contribution in [3.63, 3.8) is 0 Å². The van der Waals surface area contributed by atoms with Crippen molar-refractivity contribution < 1.29 is 79.5 Å². The van der Waals surface area contributed by atoms with Crippen molar-refractivity contribution in [3.8, 4) is 0 Å². The van der Waals surface area contributed by atoms with E-state index in [1.54, 1.807) is 0 Å². The number of ether oxygens (including phenoxy) is 6. The molecule has 0 aromatic heterocycles. The number of hydrogen-bond acceptors (Lipinski definition) is 16. The number of unbranched alkanes of at least 4 members (excludes halogenated alkanes) is 2. The number of rotatable bonds is 14. The van der Waals surface area contributed by atoms with E-state index in [2.05, 4.69) is 6.58 Å². The molecule has 3 rings (SSSR count). The lowest BCUT2D eigenvalue weighted by atomic mass is 9.97. The Morgan fingerprint density at radius 3 is 2.05 bits per heavy atom. The van der Waals surface area contributed by atoms with Gasteiger partial charge in [0, 0.05) is 6.61 Å². The third kappa shape index (κ3) is 8.60. The van der Waals surface area contributed by atoms with Gasteiger partial charge in [0.1, 0.15) is 67.1 Å². The summed E-state index contributed by atoms with van der Waals surface area (Å²) in [5, 5.41) is 101. The van der Waals surface area contributed by atoms with Crippen molar-refractivity contribution in [2.45, 2.75) is 118 Å². The summed E-state index contributed by atoms with van der Waals surface area (Å²) in [5.74, 6) is 0. The van der Waals surface area contributed by atoms with E-state index in [0.29, 0.717) is 25.7 Å². The Bertz CT molecular complexity index is 774. The first-order valence-corrected chi connectivity index (χ1v) is 13.7. The largest absolute Gasteiger partial charge is 0.396 e. The van der Waals surface area contributed by atoms with Crippen LogP contribution in [0, 0.1) is 0 Å². The smallest absolute Gasteiger partial charge is 0.187 e. The topological polar surface area (TPSA) is 258 Å². The number of hydrogen-bond donors (Lipinski definition) is 10. The maximum absolute atomic E-state index is 11.0. The van der Waals surface area contributed by atoms with Crippen LogP contribution in [0.4, 0.5) is 0 Å². The number of aliphatic hydroxyl groups is 10. The lowest BCUT2D eigenvalue weighted by molar-refractivity contribution is -0.373. The molecule has 0 spiro atoms. The third-order valence-electron chi connectivity index (χ3n) is 7.38. The van der Waals surface area contributed by atoms with Crippen LogP contribution in [0.25, 0.3) is 0 Å². The van der Waals surface area contributed by atoms with Crippen LogP contribution in [-0.2, 0) is 28.4 Å². The monoisotopic (exact) mass is 600 g/mol. The first kappa shape index (κ1) is 34.6. The summed E-state index contributed by atoms with van der Waals surface area (Å²) in [4.78, 5) is 0. The second kappa shape index (κ2) is 16.2. The molecule has 0 saturated carbocycles. The Balaban J connectivity index is 1.74. The molecule has 15 atom stereocenters. The Labute approximate surface area is 236 Å². The normalized spacial score (nSPS) is 44.4. The van der Waals surface area contributed by atoms with Crippen molar-refractivity contribution in [3.05, 3.63) is 12.7 Å². The minimum absolute atomic E-state index is 0.0293. The van der Waals surface area contributed by atoms with Crippen LogP contribution in [0.15, 0.2) is 12.7 Å². The quantitative estimate of drug-likeness (QED) is 0.0663. The molecule has 0 bridgehead atoms. The zero-order chi connectivity index (χ0) is 30.3. The summed E-state index contributed by atoms with van der Waals surface area (Å²) >= 11 is 0. The summed E-state index contributed by atoms with van der Waals surface area (Å²) in [7, 11) is 0. The molecule has 41 heavy (non-hydrogen) atoms. The summed E-state index contributed by atoms with van der Waals surface area (Å²) < 4.78 is 33.6. The molecule has 0 aromatic rings. The lowest BCUT2D eigenvalue weighted by Gasteiger charge is -2.46. The molecule has 3 heterocycles. The van der Waals surface area contributed by atoms with Gasteiger partial charge in [-0.3, -0.25) is 0 Å². The zero-order valence-corrected chi connectivity index (χ0v) is 22.5. The molecule has 3 aliphatic rings. The van der Waals surface area contributed by atoms with Gasteiger partial charge in [0.15, 0.2) is 18.9 Å². The molecule has 0 aliphatic carbocycles. The van der Waals surface area contributed by atoms with E-state index in [4.69, 9.17) is 33.5 Å². The lowest BCUT2D eigenvalue weighted by Crippen LogP contribution is -2.65. The van der Waals surface area contributed by atoms with Crippen LogP contribution in [0.1, 0.15) is 25.7 Å². The highest BCUT2D eigenvalue weighted by molar-refractivity contribution is 4.95. The van der Waals surface area contributed by atoms with Gasteiger partial charge in [-0.1, -0.05) is 18.9 Å². The van der Waals surface area contributed by atoms with Gasteiger partial charge in [0.25, 0.3) is 0 Å². The van der Waals surface area contributed by atoms with Crippen LogP contribution in [0.3, 0.4) is 0 Å². The molecule has 0 unspecified atom stereocenters. The molecule has 10 N–H and O–H groups in total. The van der Waals surface area contributed by atoms with Gasteiger partial charge in [0.05, 0.1) is 25.9 Å². The average Bonchev–Trinajstić information content (AvgIpc) is 2.96. The molecule has 3 saturated heterocycles. The molecule has 16 heteroatoms. The van der Waals surface area contributed by atoms with Gasteiger partial charge in [-0.05, 0) is 12.8 Å². The minimum Gasteiger partial charge on any atom is -0.396 e. The summed E-state index contributed by atoms with van der Waals surface area (Å²) in [6, 6.07) is 0. The van der Waals surface area contributed by atoms with Gasteiger partial charge in [0.2, 0.25) is 0 Å². The van der Waals surface area contributed by atoms with Gasteiger partial charge in [-0.25, -0.2) is 0 Å². The van der Waals surface area contributed by atoms with E-state index < -0.39 is 105 Å². The predicted octanol–water partition coefficient (Wildman–Crippen LogP) is -4.80. The van der Waals surface area contributed by atoms with E-state index in [1.807, 2.05) is 0 Å². The minimum atomic E-state index is -1.81. The maximum atomic E-state index is 11.0. The second-order valence-electron chi connectivity index (χ2n) is 10.4. The van der Waals surface area contributed by atoms with E-state index in [0.717, 1.165) is 0 Å². The summed E-state index contributed by atoms with van der Waals surface area (Å²) in [6.07, 6.45) is -18.5. The predicted molar refractivity (Wildman–Crippen MR) is 134 cm³/mol. The molecule has 0 radical (unpaired) electrons. The summed E-state index contributed by atoms with van der Waals surface area (Å²) in [5.41, 5.74) is 0. The molecule has 240 valence electrons. The fraction of sp³-hybridized carbons (Fsp3) is 0.920. The van der Waals surface area contributed by atoms with Crippen LogP contribution in [-0.4, -0.2) is 170 Å². The zero-order valence-electron chi connectivity index (χ0n) is 22.5. The van der Waals surface area contributed by atoms with Crippen molar-refractivity contribution in [1.82, 2.24) is 0 Å². The molecular weight excluding hydrogens is 556 g/mol. The Kier molecular flexibility index (Phi) is 13.7. The van der Waals surface area contributed by atoms with Crippen LogP contribution >= 0.6 is 0 Å². The highest BCUT2D eigenvalue weighted by Gasteiger charge is 2.51. The van der Waals surface area contributed by atoms with Gasteiger partial charge in [-0.15, -0.1) is 6.58 Å². The SMILES string of the molecule is C=C[C@@H](CCCCCO)O[C@@H]1O[C@H](CO[C@@H]2OC[C@@H](O)[C@H](O)[C@H]2O)[C@@H](O)[C@H](O)[C@H]1O[C@@H]1O[C@H](CO)[C@@H](O)[C@H](O)[C@H]1O. The van der Waals surface area contributed by atoms with Gasteiger partial charge < -0.3 is 79.5 Å². The molecule has 0 amide bonds. The van der Waals surface area contributed by atoms with Crippen LogP contribution < -0.4 is 0 Å². The highest BCUT2D eigenvalue weighted by atomic mass is 16.8. The molecular formula is C25H44O16. The fourth-order valence-electron chi connectivity index (χ4n) is 4.80. The van der Waals surface area contributed by atoms with Crippen molar-refractivity contribution in [1.29, 1.82) is 0 Å². The van der Waals surface area contributed by atoms with Crippen LogP contribution in [0.2, 0.25) is 0 Å². The van der Waals surface area contributed by atoms with E-state index in [-0.39, 0.29) is 13.2 Å².